The van der Waals surface area contributed by atoms with Gasteiger partial charge in [-0.05, 0) is 48.0 Å². The summed E-state index contributed by atoms with van der Waals surface area (Å²) < 4.78 is 21.8. The molecular weight excluding hydrogens is 484 g/mol. The number of rotatable bonds is 9. The van der Waals surface area contributed by atoms with Gasteiger partial charge in [0.15, 0.2) is 5.95 Å². The van der Waals surface area contributed by atoms with Gasteiger partial charge in [-0.1, -0.05) is 0 Å². The second-order valence-corrected chi connectivity index (χ2v) is 8.09. The topological polar surface area (TPSA) is 147 Å². The molecule has 0 spiro atoms. The van der Waals surface area contributed by atoms with E-state index in [4.69, 9.17) is 18.7 Å². The molecule has 1 N–H and O–H groups in total. The lowest BCUT2D eigenvalue weighted by molar-refractivity contribution is -0.678. The summed E-state index contributed by atoms with van der Waals surface area (Å²) in [4.78, 5) is 38.8. The molecule has 12 heteroatoms. The van der Waals surface area contributed by atoms with E-state index in [1.807, 2.05) is 0 Å². The summed E-state index contributed by atoms with van der Waals surface area (Å²) in [7, 11) is 1.54. The molecule has 2 aromatic carbocycles. The fourth-order valence-electron chi connectivity index (χ4n) is 3.78. The van der Waals surface area contributed by atoms with E-state index in [0.717, 1.165) is 0 Å². The number of esters is 1. The van der Waals surface area contributed by atoms with Crippen LogP contribution in [0.1, 0.15) is 29.4 Å². The molecule has 1 aliphatic heterocycles. The molecule has 37 heavy (non-hydrogen) atoms. The summed E-state index contributed by atoms with van der Waals surface area (Å²) in [5.41, 5.74) is 1.54. The molecule has 2 heterocycles. The summed E-state index contributed by atoms with van der Waals surface area (Å²) in [6, 6.07) is 13.0. The molecule has 4 rings (SSSR count). The maximum absolute atomic E-state index is 13.1. The lowest BCUT2D eigenvalue weighted by Crippen LogP contribution is -2.50. The van der Waals surface area contributed by atoms with Crippen LogP contribution in [0.25, 0.3) is 5.69 Å². The first-order chi connectivity index (χ1) is 17.9. The molecule has 0 aliphatic carbocycles. The molecular formula is C25H26N4O8. The summed E-state index contributed by atoms with van der Waals surface area (Å²) in [5, 5.41) is 18.8. The first-order valence-electron chi connectivity index (χ1n) is 11.6. The number of benzene rings is 2. The van der Waals surface area contributed by atoms with Crippen molar-refractivity contribution in [3.05, 3.63) is 59.8 Å². The standard InChI is InChI=1S/C25H26N4O8/c1-3-35-24(32)16-4-6-17(7-5-16)26-22(30)14-21-23(31)28(12-13-36-21)15-20-25(33)37-27-29(20)18-8-10-19(34-2)11-9-18/h4-11,21H,3,12-15H2,1-2H3,(H-,26,27,30,32,33). The number of hydrogen-bond acceptors (Lipinski definition) is 9. The van der Waals surface area contributed by atoms with E-state index in [2.05, 4.69) is 10.6 Å². The molecule has 0 radical (unpaired) electrons. The van der Waals surface area contributed by atoms with E-state index in [9.17, 15) is 19.5 Å². The van der Waals surface area contributed by atoms with E-state index < -0.39 is 29.8 Å². The van der Waals surface area contributed by atoms with E-state index >= 15 is 0 Å². The SMILES string of the molecule is CCOC(=O)c1ccc(NC(=O)CC2OCCN(Cc3c([O-])on[n+]3-c3ccc(OC)cc3)C2=O)cc1. The third-order valence-corrected chi connectivity index (χ3v) is 5.67. The minimum Gasteiger partial charge on any atom is -0.539 e. The van der Waals surface area contributed by atoms with E-state index in [1.54, 1.807) is 50.4 Å². The van der Waals surface area contributed by atoms with Crippen molar-refractivity contribution in [2.24, 2.45) is 0 Å². The van der Waals surface area contributed by atoms with Crippen LogP contribution >= 0.6 is 0 Å². The third-order valence-electron chi connectivity index (χ3n) is 5.67. The molecule has 1 saturated heterocycles. The van der Waals surface area contributed by atoms with Crippen LogP contribution in [-0.2, 0) is 25.6 Å². The van der Waals surface area contributed by atoms with Crippen LogP contribution in [-0.4, -0.2) is 60.9 Å². The molecule has 2 amide bonds. The quantitative estimate of drug-likeness (QED) is 0.328. The van der Waals surface area contributed by atoms with Crippen molar-refractivity contribution in [1.29, 1.82) is 0 Å². The van der Waals surface area contributed by atoms with Gasteiger partial charge in [-0.25, -0.2) is 4.79 Å². The second-order valence-electron chi connectivity index (χ2n) is 8.09. The fraction of sp³-hybridized carbons (Fsp3) is 0.320. The van der Waals surface area contributed by atoms with Gasteiger partial charge >= 0.3 is 5.97 Å². The van der Waals surface area contributed by atoms with Crippen molar-refractivity contribution >= 4 is 23.5 Å². The van der Waals surface area contributed by atoms with Crippen LogP contribution < -0.4 is 19.8 Å². The maximum atomic E-state index is 13.1. The van der Waals surface area contributed by atoms with Crippen LogP contribution in [0.4, 0.5) is 5.69 Å². The molecule has 194 valence electrons. The number of carbonyl (C=O) groups excluding carboxylic acids is 3. The number of carbonyl (C=O) groups is 3. The Morgan fingerprint density at radius 3 is 2.59 bits per heavy atom. The Bertz CT molecular complexity index is 1260. The predicted molar refractivity (Wildman–Crippen MR) is 125 cm³/mol. The maximum Gasteiger partial charge on any atom is 0.338 e. The Balaban J connectivity index is 1.39. The molecule has 1 atom stereocenters. The number of hydrogen-bond donors (Lipinski definition) is 1. The summed E-state index contributed by atoms with van der Waals surface area (Å²) in [6.07, 6.45) is -1.24. The van der Waals surface area contributed by atoms with Crippen LogP contribution in [0.2, 0.25) is 0 Å². The van der Waals surface area contributed by atoms with Gasteiger partial charge in [-0.3, -0.25) is 9.59 Å². The van der Waals surface area contributed by atoms with Crippen molar-refractivity contribution in [2.45, 2.75) is 26.0 Å². The Labute approximate surface area is 212 Å². The van der Waals surface area contributed by atoms with E-state index in [-0.39, 0.29) is 38.4 Å². The third kappa shape index (κ3) is 6.04. The van der Waals surface area contributed by atoms with Crippen LogP contribution in [0.5, 0.6) is 11.7 Å². The van der Waals surface area contributed by atoms with Crippen molar-refractivity contribution in [1.82, 2.24) is 10.2 Å². The zero-order chi connectivity index (χ0) is 26.4. The number of aromatic nitrogens is 2. The highest BCUT2D eigenvalue weighted by Gasteiger charge is 2.34. The Kier molecular flexibility index (Phi) is 7.98. The molecule has 1 fully saturated rings. The first-order valence-corrected chi connectivity index (χ1v) is 11.6. The van der Waals surface area contributed by atoms with Gasteiger partial charge in [0.2, 0.25) is 11.6 Å². The van der Waals surface area contributed by atoms with Gasteiger partial charge in [0.25, 0.3) is 11.6 Å². The lowest BCUT2D eigenvalue weighted by Gasteiger charge is -2.31. The molecule has 12 nitrogen and oxygen atoms in total. The highest BCUT2D eigenvalue weighted by Crippen LogP contribution is 2.19. The number of anilines is 1. The Hall–Kier alpha value is -4.45. The highest BCUT2D eigenvalue weighted by atomic mass is 16.6. The minimum atomic E-state index is -1.02. The van der Waals surface area contributed by atoms with Gasteiger partial charge in [0.05, 0.1) is 37.6 Å². The van der Waals surface area contributed by atoms with Gasteiger partial charge in [-0.2, -0.15) is 0 Å². The normalized spacial score (nSPS) is 15.4. The first kappa shape index (κ1) is 25.6. The molecule has 0 saturated carbocycles. The lowest BCUT2D eigenvalue weighted by atomic mass is 10.1. The van der Waals surface area contributed by atoms with Crippen molar-refractivity contribution in [2.75, 3.05) is 32.2 Å². The van der Waals surface area contributed by atoms with Crippen molar-refractivity contribution < 1.29 is 42.9 Å². The number of nitrogens with zero attached hydrogens (tertiary/aromatic N) is 3. The largest absolute Gasteiger partial charge is 0.539 e. The fourth-order valence-corrected chi connectivity index (χ4v) is 3.78. The molecule has 1 unspecified atom stereocenters. The molecule has 1 aliphatic rings. The van der Waals surface area contributed by atoms with Crippen LogP contribution in [0.3, 0.4) is 0 Å². The number of morpholine rings is 1. The average Bonchev–Trinajstić information content (AvgIpc) is 3.26. The van der Waals surface area contributed by atoms with Gasteiger partial charge in [0, 0.05) is 24.4 Å². The number of nitrogens with one attached hydrogen (secondary N) is 1. The minimum absolute atomic E-state index is 0.0655. The van der Waals surface area contributed by atoms with Crippen LogP contribution in [0.15, 0.2) is 53.1 Å². The molecule has 1 aromatic heterocycles. The van der Waals surface area contributed by atoms with Crippen LogP contribution in [0, 0.1) is 0 Å². The predicted octanol–water partition coefficient (Wildman–Crippen LogP) is 0.966. The number of ether oxygens (including phenoxy) is 3. The summed E-state index contributed by atoms with van der Waals surface area (Å²) in [5.74, 6) is -1.36. The zero-order valence-electron chi connectivity index (χ0n) is 20.3. The van der Waals surface area contributed by atoms with Crippen molar-refractivity contribution in [3.8, 4) is 17.4 Å². The molecule has 0 bridgehead atoms. The zero-order valence-corrected chi connectivity index (χ0v) is 20.3. The van der Waals surface area contributed by atoms with Gasteiger partial charge in [0.1, 0.15) is 18.4 Å². The second kappa shape index (κ2) is 11.5. The van der Waals surface area contributed by atoms with Gasteiger partial charge in [-0.15, -0.1) is 0 Å². The highest BCUT2D eigenvalue weighted by molar-refractivity contribution is 5.96. The number of amides is 2. The van der Waals surface area contributed by atoms with E-state index in [0.29, 0.717) is 22.7 Å². The Morgan fingerprint density at radius 1 is 1.19 bits per heavy atom. The number of methoxy groups -OCH3 is 1. The smallest absolute Gasteiger partial charge is 0.338 e. The summed E-state index contributed by atoms with van der Waals surface area (Å²) >= 11 is 0. The van der Waals surface area contributed by atoms with E-state index in [1.165, 1.54) is 21.7 Å². The van der Waals surface area contributed by atoms with Crippen molar-refractivity contribution in [3.63, 3.8) is 0 Å². The molecule has 3 aromatic rings. The monoisotopic (exact) mass is 510 g/mol. The average molecular weight is 511 g/mol. The van der Waals surface area contributed by atoms with Gasteiger partial charge < -0.3 is 34.1 Å². The summed E-state index contributed by atoms with van der Waals surface area (Å²) in [6.45, 7) is 2.34. The Morgan fingerprint density at radius 2 is 1.92 bits per heavy atom.